The van der Waals surface area contributed by atoms with E-state index in [1.807, 2.05) is 31.2 Å². The molecule has 3 heterocycles. The highest BCUT2D eigenvalue weighted by atomic mass is 16.5. The summed E-state index contributed by atoms with van der Waals surface area (Å²) in [5.74, 6) is 0.842. The van der Waals surface area contributed by atoms with Crippen LogP contribution in [0.25, 0.3) is 0 Å². The third-order valence-electron chi connectivity index (χ3n) is 4.61. The minimum atomic E-state index is 0.0949. The maximum absolute atomic E-state index is 12.4. The van der Waals surface area contributed by atoms with Gasteiger partial charge in [0.05, 0.1) is 31.9 Å². The quantitative estimate of drug-likeness (QED) is 0.828. The number of carbonyl (C=O) groups is 1. The molecule has 3 aliphatic rings. The van der Waals surface area contributed by atoms with Gasteiger partial charge >= 0.3 is 0 Å². The Balaban J connectivity index is 1.64. The molecule has 0 radical (unpaired) electrons. The third-order valence-corrected chi connectivity index (χ3v) is 4.61. The number of benzene rings is 1. The topological polar surface area (TPSA) is 41.6 Å². The van der Waals surface area contributed by atoms with Crippen molar-refractivity contribution >= 4 is 11.6 Å². The Morgan fingerprint density at radius 3 is 2.57 bits per heavy atom. The molecule has 114 valence electrons. The number of nitrogens with zero attached hydrogens (tertiary/aromatic N) is 2. The molecule has 2 bridgehead atoms. The molecule has 4 rings (SSSR count). The predicted molar refractivity (Wildman–Crippen MR) is 82.4 cm³/mol. The summed E-state index contributed by atoms with van der Waals surface area (Å²) in [5, 5.41) is 3.03. The third kappa shape index (κ3) is 3.19. The van der Waals surface area contributed by atoms with Gasteiger partial charge in [-0.2, -0.15) is 0 Å². The van der Waals surface area contributed by atoms with E-state index in [0.29, 0.717) is 13.2 Å². The Hall–Kier alpha value is -1.59. The first kappa shape index (κ1) is 14.4. The average molecular weight is 290 g/mol. The number of ether oxygens (including phenoxy) is 1. The van der Waals surface area contributed by atoms with Crippen molar-refractivity contribution in [3.8, 4) is 5.75 Å². The van der Waals surface area contributed by atoms with Gasteiger partial charge < -0.3 is 14.5 Å². The number of hydrogen-bond donors (Lipinski definition) is 1. The first-order valence-electron chi connectivity index (χ1n) is 7.80. The molecular formula is C16H24N3O2+. The van der Waals surface area contributed by atoms with Crippen molar-refractivity contribution in [1.82, 2.24) is 4.90 Å². The van der Waals surface area contributed by atoms with Crippen molar-refractivity contribution < 1.29 is 14.0 Å². The number of amides is 1. The van der Waals surface area contributed by atoms with Gasteiger partial charge in [-0.15, -0.1) is 0 Å². The zero-order chi connectivity index (χ0) is 14.7. The van der Waals surface area contributed by atoms with Gasteiger partial charge in [-0.25, -0.2) is 0 Å². The highest BCUT2D eigenvalue weighted by Crippen LogP contribution is 2.24. The molecule has 0 spiro atoms. The molecule has 1 N–H and O–H groups in total. The molecule has 3 saturated heterocycles. The molecule has 1 aromatic rings. The number of para-hydroxylation sites is 2. The fraction of sp³-hybridized carbons (Fsp3) is 0.562. The van der Waals surface area contributed by atoms with Crippen LogP contribution in [0.3, 0.4) is 0 Å². The Bertz CT molecular complexity index is 496. The second kappa shape index (κ2) is 6.03. The molecule has 3 aliphatic heterocycles. The molecule has 5 heteroatoms. The first-order valence-corrected chi connectivity index (χ1v) is 7.80. The van der Waals surface area contributed by atoms with Crippen LogP contribution in [0.4, 0.5) is 5.69 Å². The van der Waals surface area contributed by atoms with E-state index in [9.17, 15) is 4.79 Å². The Labute approximate surface area is 126 Å². The van der Waals surface area contributed by atoms with E-state index in [0.717, 1.165) is 55.2 Å². The number of fused-ring (bicyclic) bond motifs is 3. The van der Waals surface area contributed by atoms with Crippen molar-refractivity contribution in [3.05, 3.63) is 24.3 Å². The van der Waals surface area contributed by atoms with Gasteiger partial charge in [0, 0.05) is 19.6 Å². The van der Waals surface area contributed by atoms with E-state index in [1.165, 1.54) is 0 Å². The van der Waals surface area contributed by atoms with Crippen LogP contribution >= 0.6 is 0 Å². The second-order valence-electron chi connectivity index (χ2n) is 5.99. The zero-order valence-corrected chi connectivity index (χ0v) is 12.7. The molecule has 1 amide bonds. The summed E-state index contributed by atoms with van der Waals surface area (Å²) >= 11 is 0. The lowest BCUT2D eigenvalue weighted by molar-refractivity contribution is -0.933. The van der Waals surface area contributed by atoms with Crippen LogP contribution in [0.2, 0.25) is 0 Å². The van der Waals surface area contributed by atoms with Gasteiger partial charge in [-0.1, -0.05) is 12.1 Å². The standard InChI is InChI=1S/C16H23N3O2/c1-2-21-15-6-4-3-5-14(15)17-16(20)13-19-10-7-18(8-11-19)9-12-19/h3-6H,2,7-13H2,1H3/p+1. The Morgan fingerprint density at radius 2 is 1.90 bits per heavy atom. The molecule has 21 heavy (non-hydrogen) atoms. The monoisotopic (exact) mass is 290 g/mol. The number of rotatable bonds is 5. The highest BCUT2D eigenvalue weighted by molar-refractivity contribution is 5.93. The van der Waals surface area contributed by atoms with Crippen molar-refractivity contribution in [2.75, 3.05) is 57.7 Å². The van der Waals surface area contributed by atoms with Crippen LogP contribution in [0, 0.1) is 0 Å². The largest absolute Gasteiger partial charge is 0.492 e. The molecule has 3 fully saturated rings. The normalized spacial score (nSPS) is 27.4. The molecule has 5 nitrogen and oxygen atoms in total. The maximum Gasteiger partial charge on any atom is 0.279 e. The average Bonchev–Trinajstić information content (AvgIpc) is 2.51. The van der Waals surface area contributed by atoms with Crippen molar-refractivity contribution in [3.63, 3.8) is 0 Å². The van der Waals surface area contributed by atoms with Gasteiger partial charge in [0.2, 0.25) is 0 Å². The van der Waals surface area contributed by atoms with Crippen molar-refractivity contribution in [2.24, 2.45) is 0 Å². The van der Waals surface area contributed by atoms with Crippen molar-refractivity contribution in [1.29, 1.82) is 0 Å². The van der Waals surface area contributed by atoms with E-state index in [-0.39, 0.29) is 5.91 Å². The number of hydrogen-bond acceptors (Lipinski definition) is 3. The molecule has 0 atom stereocenters. The minimum Gasteiger partial charge on any atom is -0.492 e. The number of nitrogens with one attached hydrogen (secondary N) is 1. The van der Waals surface area contributed by atoms with E-state index in [4.69, 9.17) is 4.74 Å². The lowest BCUT2D eigenvalue weighted by atomic mass is 10.1. The summed E-state index contributed by atoms with van der Waals surface area (Å²) in [5.41, 5.74) is 0.776. The highest BCUT2D eigenvalue weighted by Gasteiger charge is 2.39. The van der Waals surface area contributed by atoms with Gasteiger partial charge in [0.15, 0.2) is 6.54 Å². The lowest BCUT2D eigenvalue weighted by Gasteiger charge is -2.50. The van der Waals surface area contributed by atoms with Crippen LogP contribution in [0.5, 0.6) is 5.75 Å². The van der Waals surface area contributed by atoms with Gasteiger partial charge in [-0.3, -0.25) is 9.69 Å². The van der Waals surface area contributed by atoms with Crippen LogP contribution < -0.4 is 10.1 Å². The summed E-state index contributed by atoms with van der Waals surface area (Å²) in [6.45, 7) is 9.80. The van der Waals surface area contributed by atoms with Crippen LogP contribution in [0.1, 0.15) is 6.92 Å². The molecule has 1 aromatic carbocycles. The Kier molecular flexibility index (Phi) is 4.12. The molecule has 0 unspecified atom stereocenters. The Morgan fingerprint density at radius 1 is 1.24 bits per heavy atom. The van der Waals surface area contributed by atoms with E-state index in [2.05, 4.69) is 10.2 Å². The summed E-state index contributed by atoms with van der Waals surface area (Å²) in [7, 11) is 0. The van der Waals surface area contributed by atoms with Gasteiger partial charge in [0.25, 0.3) is 5.91 Å². The second-order valence-corrected chi connectivity index (χ2v) is 5.99. The smallest absolute Gasteiger partial charge is 0.279 e. The lowest BCUT2D eigenvalue weighted by Crippen LogP contribution is -2.68. The summed E-state index contributed by atoms with van der Waals surface area (Å²) < 4.78 is 6.50. The summed E-state index contributed by atoms with van der Waals surface area (Å²) in [6, 6.07) is 7.64. The fourth-order valence-electron chi connectivity index (χ4n) is 3.31. The van der Waals surface area contributed by atoms with E-state index >= 15 is 0 Å². The summed E-state index contributed by atoms with van der Waals surface area (Å²) in [4.78, 5) is 14.9. The molecular weight excluding hydrogens is 266 g/mol. The maximum atomic E-state index is 12.4. The van der Waals surface area contributed by atoms with Crippen molar-refractivity contribution in [2.45, 2.75) is 6.92 Å². The minimum absolute atomic E-state index is 0.0949. The van der Waals surface area contributed by atoms with E-state index < -0.39 is 0 Å². The molecule has 0 aromatic heterocycles. The van der Waals surface area contributed by atoms with Crippen LogP contribution in [-0.2, 0) is 4.79 Å². The fourth-order valence-corrected chi connectivity index (χ4v) is 3.31. The number of anilines is 1. The van der Waals surface area contributed by atoms with Gasteiger partial charge in [-0.05, 0) is 19.1 Å². The van der Waals surface area contributed by atoms with E-state index in [1.54, 1.807) is 0 Å². The predicted octanol–water partition coefficient (Wildman–Crippen LogP) is 1.17. The SMILES string of the molecule is CCOc1ccccc1NC(=O)C[N+]12CCN(CC1)CC2. The number of carbonyl (C=O) groups excluding carboxylic acids is 1. The molecule has 0 saturated carbocycles. The summed E-state index contributed by atoms with van der Waals surface area (Å²) in [6.07, 6.45) is 0. The van der Waals surface area contributed by atoms with Crippen LogP contribution in [0.15, 0.2) is 24.3 Å². The first-order chi connectivity index (χ1) is 10.2. The van der Waals surface area contributed by atoms with Gasteiger partial charge in [0.1, 0.15) is 5.75 Å². The van der Waals surface area contributed by atoms with Crippen LogP contribution in [-0.4, -0.2) is 67.7 Å². The zero-order valence-electron chi connectivity index (χ0n) is 12.7. The molecule has 0 aliphatic carbocycles. The number of piperazine rings is 3. The number of quaternary nitrogens is 1.